The first-order valence-electron chi connectivity index (χ1n) is 4.77. The Labute approximate surface area is 122 Å². The third-order valence-corrected chi connectivity index (χ3v) is 3.01. The topological polar surface area (TPSA) is 78.2 Å². The lowest BCUT2D eigenvalue weighted by atomic mass is 10.3. The summed E-state index contributed by atoms with van der Waals surface area (Å²) in [5, 5.41) is 11.1. The third kappa shape index (κ3) is 3.04. The van der Waals surface area contributed by atoms with E-state index in [0.717, 1.165) is 6.07 Å². The van der Waals surface area contributed by atoms with Crippen LogP contribution in [0.3, 0.4) is 0 Å². The van der Waals surface area contributed by atoms with Crippen molar-refractivity contribution in [3.63, 3.8) is 0 Å². The third-order valence-electron chi connectivity index (χ3n) is 2.03. The Balaban J connectivity index is 2.48. The molecule has 0 aliphatic heterocycles. The standard InChI is InChI=1S/C10H4Cl3N3O3/c11-5-3-7(16(17)18)8(4-6(5)12)19-10-9(13)14-1-2-15-10/h1-4H. The van der Waals surface area contributed by atoms with E-state index in [4.69, 9.17) is 39.5 Å². The molecule has 0 spiro atoms. The largest absolute Gasteiger partial charge is 0.429 e. The van der Waals surface area contributed by atoms with E-state index in [1.807, 2.05) is 0 Å². The van der Waals surface area contributed by atoms with Crippen LogP contribution in [0.4, 0.5) is 5.69 Å². The summed E-state index contributed by atoms with van der Waals surface area (Å²) < 4.78 is 5.25. The molecule has 1 aromatic carbocycles. The van der Waals surface area contributed by atoms with Gasteiger partial charge in [-0.1, -0.05) is 34.8 Å². The summed E-state index contributed by atoms with van der Waals surface area (Å²) in [5.41, 5.74) is -0.351. The van der Waals surface area contributed by atoms with Gasteiger partial charge in [-0.15, -0.1) is 0 Å². The van der Waals surface area contributed by atoms with Gasteiger partial charge in [0.15, 0.2) is 5.15 Å². The minimum atomic E-state index is -0.651. The van der Waals surface area contributed by atoms with E-state index in [-0.39, 0.29) is 32.5 Å². The first-order chi connectivity index (χ1) is 8.99. The van der Waals surface area contributed by atoms with Gasteiger partial charge in [-0.05, 0) is 0 Å². The highest BCUT2D eigenvalue weighted by molar-refractivity contribution is 6.42. The Morgan fingerprint density at radius 3 is 2.37 bits per heavy atom. The van der Waals surface area contributed by atoms with Gasteiger partial charge in [-0.2, -0.15) is 0 Å². The molecule has 0 aliphatic carbocycles. The van der Waals surface area contributed by atoms with Crippen LogP contribution >= 0.6 is 34.8 Å². The SMILES string of the molecule is O=[N+]([O-])c1cc(Cl)c(Cl)cc1Oc1nccnc1Cl. The summed E-state index contributed by atoms with van der Waals surface area (Å²) in [4.78, 5) is 17.8. The Morgan fingerprint density at radius 2 is 1.74 bits per heavy atom. The van der Waals surface area contributed by atoms with Gasteiger partial charge < -0.3 is 4.74 Å². The second kappa shape index (κ2) is 5.56. The number of halogens is 3. The summed E-state index contributed by atoms with van der Waals surface area (Å²) in [6, 6.07) is 2.30. The van der Waals surface area contributed by atoms with Crippen LogP contribution in [0, 0.1) is 10.1 Å². The van der Waals surface area contributed by atoms with Crippen molar-refractivity contribution in [2.75, 3.05) is 0 Å². The number of nitro groups is 1. The van der Waals surface area contributed by atoms with Crippen molar-refractivity contribution in [3.05, 3.63) is 49.8 Å². The first kappa shape index (κ1) is 13.8. The molecule has 1 aromatic heterocycles. The highest BCUT2D eigenvalue weighted by atomic mass is 35.5. The maximum Gasteiger partial charge on any atom is 0.313 e. The summed E-state index contributed by atoms with van der Waals surface area (Å²) in [6.07, 6.45) is 2.70. The van der Waals surface area contributed by atoms with Crippen LogP contribution in [-0.2, 0) is 0 Å². The zero-order valence-electron chi connectivity index (χ0n) is 9.01. The van der Waals surface area contributed by atoms with E-state index < -0.39 is 4.92 Å². The highest BCUT2D eigenvalue weighted by Crippen LogP contribution is 2.38. The average molecular weight is 321 g/mol. The number of aromatic nitrogens is 2. The first-order valence-corrected chi connectivity index (χ1v) is 5.90. The molecule has 6 nitrogen and oxygen atoms in total. The van der Waals surface area contributed by atoms with E-state index >= 15 is 0 Å². The summed E-state index contributed by atoms with van der Waals surface area (Å²) in [6.45, 7) is 0. The molecule has 0 fully saturated rings. The number of ether oxygens (including phenoxy) is 1. The van der Waals surface area contributed by atoms with Crippen molar-refractivity contribution in [2.24, 2.45) is 0 Å². The molecule has 0 saturated heterocycles. The average Bonchev–Trinajstić information content (AvgIpc) is 2.36. The van der Waals surface area contributed by atoms with Crippen LogP contribution in [0.15, 0.2) is 24.5 Å². The minimum Gasteiger partial charge on any atom is -0.429 e. The number of hydrogen-bond donors (Lipinski definition) is 0. The zero-order valence-corrected chi connectivity index (χ0v) is 11.3. The number of rotatable bonds is 3. The quantitative estimate of drug-likeness (QED) is 0.627. The fourth-order valence-electron chi connectivity index (χ4n) is 1.22. The summed E-state index contributed by atoms with van der Waals surface area (Å²) in [5.74, 6) is -0.188. The molecule has 0 amide bonds. The van der Waals surface area contributed by atoms with E-state index in [0.29, 0.717) is 0 Å². The minimum absolute atomic E-state index is 0.0251. The second-order valence-corrected chi connectivity index (χ2v) is 4.42. The van der Waals surface area contributed by atoms with Crippen LogP contribution in [0.25, 0.3) is 0 Å². The maximum absolute atomic E-state index is 10.9. The van der Waals surface area contributed by atoms with Crippen LogP contribution in [0.1, 0.15) is 0 Å². The Hall–Kier alpha value is -1.63. The summed E-state index contributed by atoms with van der Waals surface area (Å²) >= 11 is 17.3. The smallest absolute Gasteiger partial charge is 0.313 e. The molecule has 0 atom stereocenters. The molecular formula is C10H4Cl3N3O3. The molecule has 0 aliphatic rings. The van der Waals surface area contributed by atoms with Gasteiger partial charge in [0, 0.05) is 24.5 Å². The fraction of sp³-hybridized carbons (Fsp3) is 0. The highest BCUT2D eigenvalue weighted by Gasteiger charge is 2.20. The predicted octanol–water partition coefficient (Wildman–Crippen LogP) is 4.14. The normalized spacial score (nSPS) is 10.3. The zero-order chi connectivity index (χ0) is 14.0. The Kier molecular flexibility index (Phi) is 4.04. The molecule has 1 heterocycles. The number of nitro benzene ring substituents is 1. The van der Waals surface area contributed by atoms with Crippen molar-refractivity contribution in [3.8, 4) is 11.6 Å². The Bertz CT molecular complexity index is 651. The molecule has 9 heteroatoms. The van der Waals surface area contributed by atoms with Gasteiger partial charge in [0.05, 0.1) is 15.0 Å². The molecule has 0 N–H and O–H groups in total. The predicted molar refractivity (Wildman–Crippen MR) is 70.2 cm³/mol. The molecule has 2 aromatic rings. The molecule has 2 rings (SSSR count). The van der Waals surface area contributed by atoms with Crippen LogP contribution in [0.2, 0.25) is 15.2 Å². The van der Waals surface area contributed by atoms with Gasteiger partial charge in [-0.3, -0.25) is 10.1 Å². The number of benzene rings is 1. The van der Waals surface area contributed by atoms with E-state index in [1.165, 1.54) is 18.5 Å². The Morgan fingerprint density at radius 1 is 1.11 bits per heavy atom. The lowest BCUT2D eigenvalue weighted by Crippen LogP contribution is -1.96. The monoisotopic (exact) mass is 319 g/mol. The fourth-order valence-corrected chi connectivity index (χ4v) is 1.68. The van der Waals surface area contributed by atoms with Gasteiger partial charge in [0.1, 0.15) is 0 Å². The molecule has 0 unspecified atom stereocenters. The van der Waals surface area contributed by atoms with Crippen molar-refractivity contribution >= 4 is 40.5 Å². The molecule has 0 bridgehead atoms. The van der Waals surface area contributed by atoms with Crippen LogP contribution < -0.4 is 4.74 Å². The van der Waals surface area contributed by atoms with Crippen molar-refractivity contribution in [1.29, 1.82) is 0 Å². The molecule has 0 saturated carbocycles. The second-order valence-electron chi connectivity index (χ2n) is 3.25. The van der Waals surface area contributed by atoms with Gasteiger partial charge in [0.25, 0.3) is 5.88 Å². The van der Waals surface area contributed by atoms with Gasteiger partial charge in [0.2, 0.25) is 5.75 Å². The van der Waals surface area contributed by atoms with Crippen LogP contribution in [-0.4, -0.2) is 14.9 Å². The molecular weight excluding hydrogens is 316 g/mol. The summed E-state index contributed by atoms with van der Waals surface area (Å²) in [7, 11) is 0. The molecule has 0 radical (unpaired) electrons. The lowest BCUT2D eigenvalue weighted by molar-refractivity contribution is -0.385. The maximum atomic E-state index is 10.9. The van der Waals surface area contributed by atoms with E-state index in [9.17, 15) is 10.1 Å². The van der Waals surface area contributed by atoms with Crippen LogP contribution in [0.5, 0.6) is 11.6 Å². The molecule has 19 heavy (non-hydrogen) atoms. The lowest BCUT2D eigenvalue weighted by Gasteiger charge is -2.07. The molecule has 98 valence electrons. The van der Waals surface area contributed by atoms with Crippen molar-refractivity contribution in [1.82, 2.24) is 9.97 Å². The van der Waals surface area contributed by atoms with Crippen molar-refractivity contribution < 1.29 is 9.66 Å². The number of nitrogens with zero attached hydrogens (tertiary/aromatic N) is 3. The van der Waals surface area contributed by atoms with Gasteiger partial charge in [-0.25, -0.2) is 9.97 Å². The van der Waals surface area contributed by atoms with Gasteiger partial charge >= 0.3 is 5.69 Å². The van der Waals surface area contributed by atoms with Crippen molar-refractivity contribution in [2.45, 2.75) is 0 Å². The van der Waals surface area contributed by atoms with E-state index in [1.54, 1.807) is 0 Å². The van der Waals surface area contributed by atoms with E-state index in [2.05, 4.69) is 9.97 Å². The number of hydrogen-bond acceptors (Lipinski definition) is 5.